The van der Waals surface area contributed by atoms with Crippen LogP contribution in [0.15, 0.2) is 70.6 Å². The Morgan fingerprint density at radius 3 is 2.56 bits per heavy atom. The van der Waals surface area contributed by atoms with E-state index in [2.05, 4.69) is 0 Å². The minimum Gasteiger partial charge on any atom is -0.488 e. The summed E-state index contributed by atoms with van der Waals surface area (Å²) in [5.74, 6) is 0.305. The van der Waals surface area contributed by atoms with Crippen LogP contribution in [0.1, 0.15) is 28.4 Å². The Morgan fingerprint density at radius 1 is 1.05 bits per heavy atom. The molecule has 41 heavy (non-hydrogen) atoms. The number of amidine groups is 1. The summed E-state index contributed by atoms with van der Waals surface area (Å²) >= 11 is 19.9. The van der Waals surface area contributed by atoms with Crippen LogP contribution in [0.4, 0.5) is 5.69 Å². The van der Waals surface area contributed by atoms with E-state index in [1.54, 1.807) is 70.5 Å². The maximum Gasteiger partial charge on any atom is 0.266 e. The molecular weight excluding hydrogens is 605 g/mol. The van der Waals surface area contributed by atoms with E-state index < -0.39 is 0 Å². The Balaban J connectivity index is 1.38. The van der Waals surface area contributed by atoms with Gasteiger partial charge in [0.15, 0.2) is 5.17 Å². The van der Waals surface area contributed by atoms with Gasteiger partial charge in [-0.15, -0.1) is 0 Å². The van der Waals surface area contributed by atoms with Crippen molar-refractivity contribution in [2.75, 3.05) is 32.8 Å². The summed E-state index contributed by atoms with van der Waals surface area (Å²) in [5, 5.41) is 2.08. The lowest BCUT2D eigenvalue weighted by molar-refractivity contribution is -0.122. The van der Waals surface area contributed by atoms with Crippen LogP contribution in [-0.4, -0.2) is 59.6 Å². The van der Waals surface area contributed by atoms with E-state index in [9.17, 15) is 9.59 Å². The number of halogens is 3. The van der Waals surface area contributed by atoms with Crippen LogP contribution in [0.5, 0.6) is 5.75 Å². The number of morpholine rings is 1. The predicted octanol–water partition coefficient (Wildman–Crippen LogP) is 7.32. The first-order valence-corrected chi connectivity index (χ1v) is 14.9. The molecule has 3 aromatic rings. The number of ether oxygens (including phenoxy) is 2. The monoisotopic (exact) mass is 629 g/mol. The third-order valence-electron chi connectivity index (χ3n) is 6.48. The molecule has 3 aromatic carbocycles. The van der Waals surface area contributed by atoms with Crippen molar-refractivity contribution in [1.82, 2.24) is 9.80 Å². The van der Waals surface area contributed by atoms with Crippen molar-refractivity contribution in [3.8, 4) is 5.75 Å². The van der Waals surface area contributed by atoms with Gasteiger partial charge in [-0.1, -0.05) is 46.9 Å². The van der Waals surface area contributed by atoms with Gasteiger partial charge in [-0.05, 0) is 73.3 Å². The lowest BCUT2D eigenvalue weighted by Gasteiger charge is -2.26. The van der Waals surface area contributed by atoms with Crippen molar-refractivity contribution in [3.63, 3.8) is 0 Å². The molecule has 0 saturated carbocycles. The fourth-order valence-corrected chi connectivity index (χ4v) is 6.03. The van der Waals surface area contributed by atoms with E-state index in [0.717, 1.165) is 5.56 Å². The number of rotatable bonds is 7. The fourth-order valence-electron chi connectivity index (χ4n) is 4.34. The maximum absolute atomic E-state index is 13.4. The van der Waals surface area contributed by atoms with E-state index >= 15 is 0 Å². The molecule has 2 fully saturated rings. The molecule has 0 bridgehead atoms. The van der Waals surface area contributed by atoms with Gasteiger partial charge in [-0.3, -0.25) is 14.5 Å². The molecule has 0 radical (unpaired) electrons. The second-order valence-corrected chi connectivity index (χ2v) is 11.5. The molecule has 2 aliphatic heterocycles. The van der Waals surface area contributed by atoms with Gasteiger partial charge in [0.2, 0.25) is 0 Å². The van der Waals surface area contributed by atoms with Gasteiger partial charge in [0.25, 0.3) is 11.8 Å². The topological polar surface area (TPSA) is 71.4 Å². The van der Waals surface area contributed by atoms with Crippen LogP contribution >= 0.6 is 46.6 Å². The number of hydrogen-bond acceptors (Lipinski definition) is 6. The second kappa shape index (κ2) is 13.3. The Kier molecular flexibility index (Phi) is 9.57. The van der Waals surface area contributed by atoms with E-state index in [1.165, 1.54) is 11.8 Å². The van der Waals surface area contributed by atoms with Gasteiger partial charge in [0, 0.05) is 51.4 Å². The minimum atomic E-state index is -0.177. The molecule has 7 nitrogen and oxygen atoms in total. The number of likely N-dealkylation sites (N-methyl/N-ethyl adjacent to an activating group) is 1. The molecule has 0 spiro atoms. The molecule has 0 aromatic heterocycles. The molecule has 0 atom stereocenters. The molecule has 2 heterocycles. The summed E-state index contributed by atoms with van der Waals surface area (Å²) in [6.07, 6.45) is 1.75. The zero-order valence-corrected chi connectivity index (χ0v) is 25.2. The molecule has 2 saturated heterocycles. The lowest BCUT2D eigenvalue weighted by Crippen LogP contribution is -2.40. The van der Waals surface area contributed by atoms with Gasteiger partial charge in [0.05, 0.1) is 23.8 Å². The highest BCUT2D eigenvalue weighted by atomic mass is 35.5. The van der Waals surface area contributed by atoms with Crippen molar-refractivity contribution in [1.29, 1.82) is 0 Å². The minimum absolute atomic E-state index is 0.0631. The average molecular weight is 631 g/mol. The molecule has 0 N–H and O–H groups in total. The van der Waals surface area contributed by atoms with E-state index in [0.29, 0.717) is 80.6 Å². The van der Waals surface area contributed by atoms with Crippen LogP contribution in [0.25, 0.3) is 6.08 Å². The smallest absolute Gasteiger partial charge is 0.266 e. The fraction of sp³-hybridized carbons (Fsp3) is 0.233. The second-order valence-electron chi connectivity index (χ2n) is 9.22. The SMILES string of the molecule is CCN1C(=O)/C(=C\c2cc(Cl)ccc2OCc2ccc(Cl)cc2Cl)SC1=Nc1cccc(C(=O)N2CCOCC2)c1. The van der Waals surface area contributed by atoms with Gasteiger partial charge in [-0.2, -0.15) is 0 Å². The molecule has 0 unspecified atom stereocenters. The first-order valence-electron chi connectivity index (χ1n) is 13.0. The number of amides is 2. The highest BCUT2D eigenvalue weighted by Gasteiger charge is 2.32. The van der Waals surface area contributed by atoms with E-state index in [4.69, 9.17) is 49.3 Å². The molecule has 2 amide bonds. The largest absolute Gasteiger partial charge is 0.488 e. The van der Waals surface area contributed by atoms with Gasteiger partial charge >= 0.3 is 0 Å². The van der Waals surface area contributed by atoms with Crippen molar-refractivity contribution in [3.05, 3.63) is 97.3 Å². The summed E-state index contributed by atoms with van der Waals surface area (Å²) in [6.45, 7) is 4.70. The number of thioether (sulfide) groups is 1. The average Bonchev–Trinajstić information content (AvgIpc) is 3.26. The summed E-state index contributed by atoms with van der Waals surface area (Å²) in [7, 11) is 0. The van der Waals surface area contributed by atoms with Crippen LogP contribution < -0.4 is 4.74 Å². The van der Waals surface area contributed by atoms with Crippen molar-refractivity contribution in [2.45, 2.75) is 13.5 Å². The first-order chi connectivity index (χ1) is 19.8. The Morgan fingerprint density at radius 2 is 1.80 bits per heavy atom. The first kappa shape index (κ1) is 29.5. The number of aliphatic imine (C=N–C) groups is 1. The zero-order valence-electron chi connectivity index (χ0n) is 22.1. The zero-order chi connectivity index (χ0) is 28.9. The number of benzene rings is 3. The predicted molar refractivity (Wildman–Crippen MR) is 165 cm³/mol. The molecule has 2 aliphatic rings. The van der Waals surface area contributed by atoms with Crippen molar-refractivity contribution in [2.24, 2.45) is 4.99 Å². The van der Waals surface area contributed by atoms with Crippen LogP contribution in [0, 0.1) is 0 Å². The van der Waals surface area contributed by atoms with Crippen LogP contribution in [0.2, 0.25) is 15.1 Å². The standard InChI is InChI=1S/C30H26Cl3N3O4S/c1-2-36-29(38)27(16-21-14-22(31)8-9-26(21)40-18-20-6-7-23(32)17-25(20)33)41-30(36)34-24-5-3-4-19(15-24)28(37)35-10-12-39-13-11-35/h3-9,14-17H,2,10-13,18H2,1H3/b27-16+,34-30?. The molecular formula is C30H26Cl3N3O4S. The molecule has 0 aliphatic carbocycles. The highest BCUT2D eigenvalue weighted by Crippen LogP contribution is 2.36. The Labute approximate surface area is 257 Å². The quantitative estimate of drug-likeness (QED) is 0.256. The summed E-state index contributed by atoms with van der Waals surface area (Å²) < 4.78 is 11.4. The number of hydrogen-bond donors (Lipinski definition) is 0. The highest BCUT2D eigenvalue weighted by molar-refractivity contribution is 8.18. The number of carbonyl (C=O) groups is 2. The van der Waals surface area contributed by atoms with Crippen LogP contribution in [-0.2, 0) is 16.1 Å². The van der Waals surface area contributed by atoms with Gasteiger partial charge in [-0.25, -0.2) is 4.99 Å². The molecule has 5 rings (SSSR count). The van der Waals surface area contributed by atoms with Crippen LogP contribution in [0.3, 0.4) is 0 Å². The molecule has 11 heteroatoms. The van der Waals surface area contributed by atoms with Gasteiger partial charge < -0.3 is 14.4 Å². The van der Waals surface area contributed by atoms with E-state index in [-0.39, 0.29) is 18.4 Å². The Bertz CT molecular complexity index is 1540. The van der Waals surface area contributed by atoms with E-state index in [1.807, 2.05) is 13.0 Å². The summed E-state index contributed by atoms with van der Waals surface area (Å²) in [6, 6.07) is 17.6. The number of carbonyl (C=O) groups excluding carboxylic acids is 2. The third kappa shape index (κ3) is 7.08. The number of nitrogens with zero attached hydrogens (tertiary/aromatic N) is 3. The van der Waals surface area contributed by atoms with Crippen molar-refractivity contribution >= 4 is 75.3 Å². The third-order valence-corrected chi connectivity index (χ3v) is 8.31. The normalized spacial score (nSPS) is 17.5. The van der Waals surface area contributed by atoms with Crippen molar-refractivity contribution < 1.29 is 19.1 Å². The van der Waals surface area contributed by atoms with Gasteiger partial charge in [0.1, 0.15) is 12.4 Å². The lowest BCUT2D eigenvalue weighted by atomic mass is 10.1. The molecule has 212 valence electrons. The summed E-state index contributed by atoms with van der Waals surface area (Å²) in [4.78, 5) is 34.9. The Hall–Kier alpha value is -3.01. The maximum atomic E-state index is 13.4. The summed E-state index contributed by atoms with van der Waals surface area (Å²) in [5.41, 5.74) is 2.56.